The van der Waals surface area contributed by atoms with Crippen molar-refractivity contribution in [1.29, 1.82) is 0 Å². The Morgan fingerprint density at radius 2 is 2.31 bits per heavy atom. The highest BCUT2D eigenvalue weighted by molar-refractivity contribution is 4.95. The van der Waals surface area contributed by atoms with Crippen molar-refractivity contribution in [2.45, 2.75) is 37.5 Å². The van der Waals surface area contributed by atoms with Crippen molar-refractivity contribution in [3.63, 3.8) is 0 Å². The maximum Gasteiger partial charge on any atom is 0.0860 e. The highest BCUT2D eigenvalue weighted by Gasteiger charge is 2.35. The second-order valence-corrected chi connectivity index (χ2v) is 4.55. The van der Waals surface area contributed by atoms with Gasteiger partial charge in [-0.3, -0.25) is 4.68 Å². The molecule has 0 aromatic carbocycles. The van der Waals surface area contributed by atoms with E-state index in [4.69, 9.17) is 0 Å². The predicted molar refractivity (Wildman–Crippen MR) is 59.9 cm³/mol. The van der Waals surface area contributed by atoms with E-state index in [1.807, 2.05) is 12.3 Å². The predicted octanol–water partition coefficient (Wildman–Crippen LogP) is -0.251. The number of hydrogen-bond acceptors (Lipinski definition) is 4. The average Bonchev–Trinajstić information content (AvgIpc) is 2.69. The van der Waals surface area contributed by atoms with Gasteiger partial charge in [-0.05, 0) is 25.3 Å². The zero-order chi connectivity index (χ0) is 11.4. The van der Waals surface area contributed by atoms with E-state index in [9.17, 15) is 10.2 Å². The Morgan fingerprint density at radius 1 is 1.50 bits per heavy atom. The lowest BCUT2D eigenvalue weighted by Gasteiger charge is -2.41. The Bertz CT molecular complexity index is 304. The molecule has 1 heterocycles. The molecule has 0 aliphatic heterocycles. The molecule has 1 saturated carbocycles. The van der Waals surface area contributed by atoms with Crippen LogP contribution in [0.25, 0.3) is 0 Å². The fraction of sp³-hybridized carbons (Fsp3) is 0.727. The molecule has 0 bridgehead atoms. The molecule has 3 N–H and O–H groups in total. The maximum atomic E-state index is 9.79. The molecule has 1 unspecified atom stereocenters. The zero-order valence-corrected chi connectivity index (χ0v) is 9.34. The Kier molecular flexibility index (Phi) is 3.58. The van der Waals surface area contributed by atoms with Gasteiger partial charge in [0.25, 0.3) is 0 Å². The van der Waals surface area contributed by atoms with E-state index in [1.54, 1.807) is 10.9 Å². The Labute approximate surface area is 95.1 Å². The van der Waals surface area contributed by atoms with Crippen LogP contribution in [0.2, 0.25) is 0 Å². The summed E-state index contributed by atoms with van der Waals surface area (Å²) in [5.41, 5.74) is -0.134. The van der Waals surface area contributed by atoms with E-state index in [-0.39, 0.29) is 12.1 Å². The first-order valence-electron chi connectivity index (χ1n) is 5.75. The monoisotopic (exact) mass is 225 g/mol. The normalized spacial score (nSPS) is 20.4. The maximum absolute atomic E-state index is 9.79. The summed E-state index contributed by atoms with van der Waals surface area (Å²) in [7, 11) is 0. The third-order valence-corrected chi connectivity index (χ3v) is 3.28. The first-order chi connectivity index (χ1) is 7.74. The summed E-state index contributed by atoms with van der Waals surface area (Å²) in [6.07, 6.45) is 6.21. The van der Waals surface area contributed by atoms with Gasteiger partial charge in [0.1, 0.15) is 0 Å². The van der Waals surface area contributed by atoms with Gasteiger partial charge in [-0.15, -0.1) is 0 Å². The van der Waals surface area contributed by atoms with Crippen molar-refractivity contribution >= 4 is 0 Å². The first-order valence-corrected chi connectivity index (χ1v) is 5.75. The lowest BCUT2D eigenvalue weighted by molar-refractivity contribution is 0.0639. The Hall–Kier alpha value is -0.910. The number of β-amino-alcohol motifs (C(OH)–C–C–N with tert-alkyl or cyclic N) is 1. The molecule has 1 aromatic rings. The minimum Gasteiger partial charge on any atom is -0.394 e. The van der Waals surface area contributed by atoms with Crippen molar-refractivity contribution in [1.82, 2.24) is 15.1 Å². The second-order valence-electron chi connectivity index (χ2n) is 4.55. The molecule has 1 aromatic heterocycles. The molecule has 1 fully saturated rings. The van der Waals surface area contributed by atoms with Crippen molar-refractivity contribution < 1.29 is 10.2 Å². The first kappa shape index (κ1) is 11.6. The van der Waals surface area contributed by atoms with Crippen LogP contribution in [0.15, 0.2) is 18.5 Å². The molecular weight excluding hydrogens is 206 g/mol. The fourth-order valence-electron chi connectivity index (χ4n) is 2.02. The highest BCUT2D eigenvalue weighted by Crippen LogP contribution is 2.30. The fourth-order valence-corrected chi connectivity index (χ4v) is 2.02. The number of rotatable bonds is 6. The van der Waals surface area contributed by atoms with E-state index < -0.39 is 6.10 Å². The van der Waals surface area contributed by atoms with Crippen LogP contribution in [0.1, 0.15) is 19.3 Å². The van der Waals surface area contributed by atoms with Gasteiger partial charge in [0, 0.05) is 24.5 Å². The SMILES string of the molecule is OCC1(NCC(O)Cn2cccn2)CCC1. The number of nitrogens with zero attached hydrogens (tertiary/aromatic N) is 2. The minimum absolute atomic E-state index is 0.134. The van der Waals surface area contributed by atoms with E-state index >= 15 is 0 Å². The standard InChI is InChI=1S/C11H19N3O2/c15-9-11(3-1-4-11)12-7-10(16)8-14-6-2-5-13-14/h2,5-6,10,12,15-16H,1,3-4,7-9H2. The van der Waals surface area contributed by atoms with Gasteiger partial charge >= 0.3 is 0 Å². The Balaban J connectivity index is 1.73. The van der Waals surface area contributed by atoms with Gasteiger partial charge < -0.3 is 15.5 Å². The van der Waals surface area contributed by atoms with Crippen LogP contribution >= 0.6 is 0 Å². The summed E-state index contributed by atoms with van der Waals surface area (Å²) in [6.45, 7) is 1.14. The molecule has 5 nitrogen and oxygen atoms in total. The molecule has 1 aliphatic carbocycles. The van der Waals surface area contributed by atoms with Crippen LogP contribution in [0.3, 0.4) is 0 Å². The summed E-state index contributed by atoms with van der Waals surface area (Å²) in [5, 5.41) is 26.3. The quantitative estimate of drug-likeness (QED) is 0.624. The van der Waals surface area contributed by atoms with Crippen LogP contribution in [0.4, 0.5) is 0 Å². The van der Waals surface area contributed by atoms with Crippen molar-refractivity contribution in [2.24, 2.45) is 0 Å². The number of aromatic nitrogens is 2. The average molecular weight is 225 g/mol. The van der Waals surface area contributed by atoms with Gasteiger partial charge in [0.2, 0.25) is 0 Å². The molecule has 1 aliphatic rings. The Morgan fingerprint density at radius 3 is 2.81 bits per heavy atom. The zero-order valence-electron chi connectivity index (χ0n) is 9.34. The summed E-state index contributed by atoms with van der Waals surface area (Å²) >= 11 is 0. The van der Waals surface area contributed by atoms with E-state index in [2.05, 4.69) is 10.4 Å². The lowest BCUT2D eigenvalue weighted by Crippen LogP contribution is -2.56. The number of nitrogens with one attached hydrogen (secondary N) is 1. The molecule has 1 atom stereocenters. The molecule has 90 valence electrons. The molecule has 0 spiro atoms. The highest BCUT2D eigenvalue weighted by atomic mass is 16.3. The van der Waals surface area contributed by atoms with E-state index in [1.165, 1.54) is 0 Å². The molecule has 0 saturated heterocycles. The smallest absolute Gasteiger partial charge is 0.0860 e. The van der Waals surface area contributed by atoms with Gasteiger partial charge in [-0.1, -0.05) is 0 Å². The van der Waals surface area contributed by atoms with Crippen molar-refractivity contribution in [2.75, 3.05) is 13.2 Å². The summed E-state index contributed by atoms with van der Waals surface area (Å²) < 4.78 is 1.71. The lowest BCUT2D eigenvalue weighted by atomic mass is 9.77. The van der Waals surface area contributed by atoms with Crippen molar-refractivity contribution in [3.8, 4) is 0 Å². The van der Waals surface area contributed by atoms with Gasteiger partial charge in [0.05, 0.1) is 19.3 Å². The van der Waals surface area contributed by atoms with Crippen molar-refractivity contribution in [3.05, 3.63) is 18.5 Å². The topological polar surface area (TPSA) is 70.3 Å². The van der Waals surface area contributed by atoms with Gasteiger partial charge in [0.15, 0.2) is 0 Å². The van der Waals surface area contributed by atoms with Crippen LogP contribution in [0.5, 0.6) is 0 Å². The summed E-state index contributed by atoms with van der Waals surface area (Å²) in [4.78, 5) is 0. The number of hydrogen-bond donors (Lipinski definition) is 3. The van der Waals surface area contributed by atoms with Crippen LogP contribution < -0.4 is 5.32 Å². The minimum atomic E-state index is -0.469. The summed E-state index contributed by atoms with van der Waals surface area (Å²) in [5.74, 6) is 0. The van der Waals surface area contributed by atoms with Gasteiger partial charge in [-0.2, -0.15) is 5.10 Å². The molecule has 5 heteroatoms. The third-order valence-electron chi connectivity index (χ3n) is 3.28. The second kappa shape index (κ2) is 4.95. The number of aliphatic hydroxyl groups is 2. The van der Waals surface area contributed by atoms with Gasteiger partial charge in [-0.25, -0.2) is 0 Å². The summed E-state index contributed by atoms with van der Waals surface area (Å²) in [6, 6.07) is 1.83. The van der Waals surface area contributed by atoms with E-state index in [0.29, 0.717) is 13.1 Å². The van der Waals surface area contributed by atoms with Crippen LogP contribution in [-0.2, 0) is 6.54 Å². The largest absolute Gasteiger partial charge is 0.394 e. The number of aliphatic hydroxyl groups excluding tert-OH is 2. The molecule has 0 amide bonds. The molecule has 0 radical (unpaired) electrons. The van der Waals surface area contributed by atoms with Crippen LogP contribution in [0, 0.1) is 0 Å². The van der Waals surface area contributed by atoms with E-state index in [0.717, 1.165) is 19.3 Å². The van der Waals surface area contributed by atoms with Crippen LogP contribution in [-0.4, -0.2) is 44.8 Å². The third kappa shape index (κ3) is 2.61. The molecular formula is C11H19N3O2. The molecule has 2 rings (SSSR count). The molecule has 16 heavy (non-hydrogen) atoms.